The number of nitrogens with one attached hydrogen (secondary N) is 2. The largest absolute Gasteiger partial charge is 0.355 e. The van der Waals surface area contributed by atoms with Crippen molar-refractivity contribution in [3.8, 4) is 11.1 Å². The van der Waals surface area contributed by atoms with E-state index in [4.69, 9.17) is 0 Å². The minimum absolute atomic E-state index is 0.0523. The summed E-state index contributed by atoms with van der Waals surface area (Å²) < 4.78 is 14.9. The van der Waals surface area contributed by atoms with Crippen molar-refractivity contribution < 1.29 is 4.39 Å². The Morgan fingerprint density at radius 2 is 1.29 bits per heavy atom. The van der Waals surface area contributed by atoms with Crippen molar-refractivity contribution in [3.05, 3.63) is 113 Å². The van der Waals surface area contributed by atoms with Crippen LogP contribution in [0.4, 0.5) is 4.39 Å². The number of aromatic amines is 2. The van der Waals surface area contributed by atoms with Crippen molar-refractivity contribution in [1.82, 2.24) is 14.5 Å². The molecule has 2 heterocycles. The first-order valence-electron chi connectivity index (χ1n) is 9.43. The third-order valence-electron chi connectivity index (χ3n) is 5.34. The molecule has 0 fully saturated rings. The Hall–Kier alpha value is -4.33. The van der Waals surface area contributed by atoms with E-state index in [0.29, 0.717) is 16.7 Å². The zero-order chi connectivity index (χ0) is 21.7. The van der Waals surface area contributed by atoms with Gasteiger partial charge in [-0.2, -0.15) is 0 Å². The second kappa shape index (κ2) is 6.88. The highest BCUT2D eigenvalue weighted by Crippen LogP contribution is 2.22. The number of hydrogen-bond acceptors (Lipinski definition) is 4. The monoisotopic (exact) mass is 415 g/mol. The van der Waals surface area contributed by atoms with Crippen LogP contribution in [0.25, 0.3) is 32.9 Å². The summed E-state index contributed by atoms with van der Waals surface area (Å²) in [5.41, 5.74) is -1.44. The van der Waals surface area contributed by atoms with Gasteiger partial charge in [0.2, 0.25) is 10.9 Å². The maximum atomic E-state index is 14.0. The van der Waals surface area contributed by atoms with E-state index >= 15 is 0 Å². The molecule has 0 bridgehead atoms. The number of aromatic nitrogens is 3. The molecular weight excluding hydrogens is 401 g/mol. The van der Waals surface area contributed by atoms with E-state index in [1.54, 1.807) is 42.5 Å². The van der Waals surface area contributed by atoms with Gasteiger partial charge in [-0.15, -0.1) is 0 Å². The van der Waals surface area contributed by atoms with Crippen molar-refractivity contribution in [2.75, 3.05) is 0 Å². The van der Waals surface area contributed by atoms with Gasteiger partial charge < -0.3 is 9.97 Å². The van der Waals surface area contributed by atoms with Crippen molar-refractivity contribution in [2.24, 2.45) is 0 Å². The second-order valence-electron chi connectivity index (χ2n) is 7.15. The summed E-state index contributed by atoms with van der Waals surface area (Å²) in [4.78, 5) is 56.5. The second-order valence-corrected chi connectivity index (χ2v) is 7.15. The lowest BCUT2D eigenvalue weighted by Gasteiger charge is -2.06. The lowest BCUT2D eigenvalue weighted by molar-refractivity contribution is 0.631. The summed E-state index contributed by atoms with van der Waals surface area (Å²) >= 11 is 0. The number of H-pyrrole nitrogens is 2. The van der Waals surface area contributed by atoms with Crippen LogP contribution in [0.1, 0.15) is 5.56 Å². The first kappa shape index (κ1) is 18.7. The average molecular weight is 415 g/mol. The molecule has 0 atom stereocenters. The van der Waals surface area contributed by atoms with Crippen molar-refractivity contribution in [3.63, 3.8) is 0 Å². The van der Waals surface area contributed by atoms with Crippen LogP contribution in [-0.4, -0.2) is 14.5 Å². The standard InChI is InChI=1S/C23H14FN3O4/c24-15-4-2-1-3-14(15)13-7-5-12(6-8-13)11-27-22(30)16-17(23(27)31)21(29)19-18(20(16)28)25-9-10-26-19/h1-10,25-26H,11H2. The van der Waals surface area contributed by atoms with E-state index in [1.807, 2.05) is 0 Å². The molecule has 0 aliphatic heterocycles. The third kappa shape index (κ3) is 2.80. The molecule has 8 heteroatoms. The summed E-state index contributed by atoms with van der Waals surface area (Å²) in [6.45, 7) is -0.118. The molecule has 152 valence electrons. The van der Waals surface area contributed by atoms with Gasteiger partial charge in [0.1, 0.15) is 27.6 Å². The molecule has 0 spiro atoms. The summed E-state index contributed by atoms with van der Waals surface area (Å²) in [7, 11) is 0. The predicted molar refractivity (Wildman–Crippen MR) is 115 cm³/mol. The van der Waals surface area contributed by atoms with Crippen LogP contribution in [0.2, 0.25) is 0 Å². The maximum absolute atomic E-state index is 14.0. The Bertz CT molecular complexity index is 1620. The highest BCUT2D eigenvalue weighted by atomic mass is 19.1. The first-order chi connectivity index (χ1) is 15.0. The van der Waals surface area contributed by atoms with Gasteiger partial charge >= 0.3 is 0 Å². The zero-order valence-electron chi connectivity index (χ0n) is 15.9. The van der Waals surface area contributed by atoms with Crippen LogP contribution in [0.3, 0.4) is 0 Å². The smallest absolute Gasteiger partial charge is 0.266 e. The number of benzene rings is 3. The van der Waals surface area contributed by atoms with Crippen molar-refractivity contribution >= 4 is 21.8 Å². The molecular formula is C23H14FN3O4. The number of halogens is 1. The lowest BCUT2D eigenvalue weighted by Crippen LogP contribution is -2.27. The zero-order valence-corrected chi connectivity index (χ0v) is 15.9. The fraction of sp³-hybridized carbons (Fsp3) is 0.0435. The van der Waals surface area contributed by atoms with Gasteiger partial charge in [-0.05, 0) is 17.2 Å². The van der Waals surface area contributed by atoms with E-state index in [-0.39, 0.29) is 23.4 Å². The minimum atomic E-state index is -0.806. The number of hydrogen-bond donors (Lipinski definition) is 2. The maximum Gasteiger partial charge on any atom is 0.266 e. The molecule has 2 N–H and O–H groups in total. The average Bonchev–Trinajstić information content (AvgIpc) is 3.04. The Labute approximate surface area is 172 Å². The molecule has 0 unspecified atom stereocenters. The lowest BCUT2D eigenvalue weighted by atomic mass is 10.0. The van der Waals surface area contributed by atoms with E-state index in [2.05, 4.69) is 9.97 Å². The third-order valence-corrected chi connectivity index (χ3v) is 5.34. The molecule has 0 saturated carbocycles. The number of rotatable bonds is 3. The summed E-state index contributed by atoms with van der Waals surface area (Å²) in [5, 5.41) is -0.831. The fourth-order valence-electron chi connectivity index (χ4n) is 3.81. The first-order valence-corrected chi connectivity index (χ1v) is 9.43. The van der Waals surface area contributed by atoms with Crippen molar-refractivity contribution in [1.29, 1.82) is 0 Å². The highest BCUT2D eigenvalue weighted by Gasteiger charge is 2.22. The van der Waals surface area contributed by atoms with Crippen LogP contribution in [0.5, 0.6) is 0 Å². The van der Waals surface area contributed by atoms with E-state index < -0.39 is 32.7 Å². The van der Waals surface area contributed by atoms with Gasteiger partial charge in [-0.25, -0.2) is 4.39 Å². The van der Waals surface area contributed by atoms with E-state index in [9.17, 15) is 23.6 Å². The summed E-state index contributed by atoms with van der Waals surface area (Å²) in [6.07, 6.45) is 2.84. The van der Waals surface area contributed by atoms with Crippen LogP contribution >= 0.6 is 0 Å². The minimum Gasteiger partial charge on any atom is -0.355 e. The quantitative estimate of drug-likeness (QED) is 0.471. The number of fused-ring (bicyclic) bond motifs is 2. The van der Waals surface area contributed by atoms with Crippen LogP contribution in [-0.2, 0) is 6.54 Å². The Morgan fingerprint density at radius 1 is 0.742 bits per heavy atom. The molecule has 5 aromatic rings. The molecule has 31 heavy (non-hydrogen) atoms. The topological polar surface area (TPSA) is 105 Å². The van der Waals surface area contributed by atoms with Gasteiger partial charge in [0.25, 0.3) is 11.1 Å². The van der Waals surface area contributed by atoms with E-state index in [0.717, 1.165) is 4.57 Å². The Balaban J connectivity index is 1.64. The molecule has 5 rings (SSSR count). The SMILES string of the molecule is O=c1c2[nH]cc[nH]c2c(=O)c2c(=O)n(Cc3ccc(-c4ccccc4F)cc3)c(=O)c12. The van der Waals surface area contributed by atoms with E-state index in [1.165, 1.54) is 18.5 Å². The molecule has 2 aromatic heterocycles. The normalized spacial score (nSPS) is 11.4. The van der Waals surface area contributed by atoms with Gasteiger partial charge in [0, 0.05) is 18.0 Å². The molecule has 7 nitrogen and oxygen atoms in total. The predicted octanol–water partition coefficient (Wildman–Crippen LogP) is 2.18. The molecule has 0 aliphatic rings. The van der Waals surface area contributed by atoms with Gasteiger partial charge in [0.05, 0.1) is 6.54 Å². The molecule has 0 aliphatic carbocycles. The molecule has 0 radical (unpaired) electrons. The summed E-state index contributed by atoms with van der Waals surface area (Å²) in [5.74, 6) is -0.359. The number of nitrogens with zero attached hydrogens (tertiary/aromatic N) is 1. The van der Waals surface area contributed by atoms with Gasteiger partial charge in [-0.3, -0.25) is 23.7 Å². The van der Waals surface area contributed by atoms with Crippen LogP contribution in [0, 0.1) is 5.82 Å². The molecule has 3 aromatic carbocycles. The van der Waals surface area contributed by atoms with Gasteiger partial charge in [0.15, 0.2) is 0 Å². The van der Waals surface area contributed by atoms with Crippen LogP contribution < -0.4 is 22.0 Å². The van der Waals surface area contributed by atoms with Crippen LogP contribution in [0.15, 0.2) is 80.1 Å². The highest BCUT2D eigenvalue weighted by molar-refractivity contribution is 5.94. The van der Waals surface area contributed by atoms with Crippen molar-refractivity contribution in [2.45, 2.75) is 6.54 Å². The Morgan fingerprint density at radius 3 is 1.84 bits per heavy atom. The summed E-state index contributed by atoms with van der Waals surface area (Å²) in [6, 6.07) is 13.0. The fourth-order valence-corrected chi connectivity index (χ4v) is 3.81. The molecule has 0 saturated heterocycles. The Kier molecular flexibility index (Phi) is 4.14. The van der Waals surface area contributed by atoms with Gasteiger partial charge in [-0.1, -0.05) is 42.5 Å². The molecule has 0 amide bonds.